The van der Waals surface area contributed by atoms with Gasteiger partial charge in [0.25, 0.3) is 17.9 Å². The third kappa shape index (κ3) is 4.45. The molecule has 0 aromatic heterocycles. The molecule has 1 aliphatic rings. The fourth-order valence-corrected chi connectivity index (χ4v) is 4.23. The van der Waals surface area contributed by atoms with Crippen molar-refractivity contribution in [2.24, 2.45) is 5.92 Å². The third-order valence-corrected chi connectivity index (χ3v) is 5.02. The van der Waals surface area contributed by atoms with Gasteiger partial charge in [-0.1, -0.05) is 0 Å². The average molecular weight is 276 g/mol. The number of hydrogen-bond donors (Lipinski definition) is 0. The zero-order valence-electron chi connectivity index (χ0n) is 10.6. The molecule has 1 fully saturated rings. The molecule has 102 valence electrons. The molecule has 0 aromatic carbocycles. The van der Waals surface area contributed by atoms with Gasteiger partial charge in [-0.2, -0.15) is 0 Å². The molecular weight excluding hydrogens is 260 g/mol. The fourth-order valence-electron chi connectivity index (χ4n) is 1.60. The largest absolute Gasteiger partial charge is 0.705 e. The van der Waals surface area contributed by atoms with Gasteiger partial charge < -0.3 is 18.0 Å². The van der Waals surface area contributed by atoms with Crippen LogP contribution in [0.5, 0.6) is 0 Å². The molecule has 18 heavy (non-hydrogen) atoms. The summed E-state index contributed by atoms with van der Waals surface area (Å²) in [6.45, 7) is 4.46. The van der Waals surface area contributed by atoms with Crippen molar-refractivity contribution in [3.05, 3.63) is 0 Å². The maximum Gasteiger partial charge on any atom is 0.705 e. The lowest BCUT2D eigenvalue weighted by atomic mass is 10.1. The Labute approximate surface area is 106 Å². The molecule has 1 aliphatic heterocycles. The molecule has 0 N–H and O–H groups in total. The monoisotopic (exact) mass is 276 g/mol. The van der Waals surface area contributed by atoms with E-state index in [0.717, 1.165) is 0 Å². The van der Waals surface area contributed by atoms with Crippen molar-refractivity contribution in [1.82, 2.24) is 0 Å². The van der Waals surface area contributed by atoms with E-state index in [0.29, 0.717) is 13.2 Å². The topological polar surface area (TPSA) is 88.1 Å². The van der Waals surface area contributed by atoms with Gasteiger partial charge >= 0.3 is 8.80 Å². The second kappa shape index (κ2) is 5.96. The highest BCUT2D eigenvalue weighted by Gasteiger charge is 2.54. The maximum absolute atomic E-state index is 11.1. The lowest BCUT2D eigenvalue weighted by molar-refractivity contribution is -0.148. The summed E-state index contributed by atoms with van der Waals surface area (Å²) in [6.07, 6.45) is 0. The Morgan fingerprint density at radius 1 is 1.00 bits per heavy atom. The van der Waals surface area contributed by atoms with Crippen LogP contribution < -0.4 is 0 Å². The standard InChI is InChI=1S/C10H16O7Si/c1-7(11)15-18(16-8(2)12,17-9(3)13)6-10-4-14-5-10/h10H,4-6H2,1-3H3. The number of carbonyl (C=O) groups excluding carboxylic acids is 3. The van der Waals surface area contributed by atoms with Gasteiger partial charge in [-0.25, -0.2) is 0 Å². The molecule has 1 heterocycles. The first-order valence-electron chi connectivity index (χ1n) is 5.49. The van der Waals surface area contributed by atoms with E-state index in [-0.39, 0.29) is 12.0 Å². The summed E-state index contributed by atoms with van der Waals surface area (Å²) in [4.78, 5) is 33.3. The van der Waals surface area contributed by atoms with Crippen molar-refractivity contribution < 1.29 is 32.4 Å². The molecule has 0 unspecified atom stereocenters. The molecule has 0 bridgehead atoms. The Kier molecular flexibility index (Phi) is 4.85. The minimum Gasteiger partial charge on any atom is -0.455 e. The van der Waals surface area contributed by atoms with E-state index in [1.165, 1.54) is 20.8 Å². The Bertz CT molecular complexity index is 309. The van der Waals surface area contributed by atoms with Gasteiger partial charge in [-0.05, 0) is 0 Å². The third-order valence-electron chi connectivity index (χ3n) is 2.14. The van der Waals surface area contributed by atoms with Crippen LogP contribution in [0.3, 0.4) is 0 Å². The van der Waals surface area contributed by atoms with E-state index < -0.39 is 26.7 Å². The van der Waals surface area contributed by atoms with Crippen molar-refractivity contribution in [3.63, 3.8) is 0 Å². The summed E-state index contributed by atoms with van der Waals surface area (Å²) in [6, 6.07) is 0.200. The second-order valence-corrected chi connectivity index (χ2v) is 6.46. The normalized spacial score (nSPS) is 15.5. The van der Waals surface area contributed by atoms with E-state index in [1.807, 2.05) is 0 Å². The second-order valence-electron chi connectivity index (χ2n) is 4.07. The zero-order valence-corrected chi connectivity index (χ0v) is 11.6. The first-order valence-corrected chi connectivity index (χ1v) is 7.42. The van der Waals surface area contributed by atoms with Crippen LogP contribution in [0.15, 0.2) is 0 Å². The zero-order chi connectivity index (χ0) is 13.8. The first kappa shape index (κ1) is 14.6. The highest BCUT2D eigenvalue weighted by molar-refractivity contribution is 6.65. The number of carbonyl (C=O) groups is 3. The highest BCUT2D eigenvalue weighted by atomic mass is 28.4. The van der Waals surface area contributed by atoms with Crippen LogP contribution in [0.2, 0.25) is 6.04 Å². The summed E-state index contributed by atoms with van der Waals surface area (Å²) in [5, 5.41) is 0. The van der Waals surface area contributed by atoms with Crippen LogP contribution in [-0.2, 0) is 32.4 Å². The van der Waals surface area contributed by atoms with Crippen molar-refractivity contribution in [2.75, 3.05) is 13.2 Å². The molecule has 8 heteroatoms. The molecule has 0 atom stereocenters. The Morgan fingerprint density at radius 3 is 1.61 bits per heavy atom. The predicted molar refractivity (Wildman–Crippen MR) is 60.2 cm³/mol. The van der Waals surface area contributed by atoms with Gasteiger partial charge in [0.1, 0.15) is 0 Å². The van der Waals surface area contributed by atoms with Crippen LogP contribution in [0.25, 0.3) is 0 Å². The lowest BCUT2D eigenvalue weighted by Crippen LogP contribution is -2.52. The quantitative estimate of drug-likeness (QED) is 0.665. The van der Waals surface area contributed by atoms with Gasteiger partial charge in [0.15, 0.2) is 0 Å². The Hall–Kier alpha value is -1.41. The molecule has 0 aromatic rings. The molecule has 0 aliphatic carbocycles. The van der Waals surface area contributed by atoms with Gasteiger partial charge in [-0.3, -0.25) is 14.4 Å². The molecule has 1 saturated heterocycles. The summed E-state index contributed by atoms with van der Waals surface area (Å²) in [7, 11) is -3.65. The summed E-state index contributed by atoms with van der Waals surface area (Å²) >= 11 is 0. The van der Waals surface area contributed by atoms with Gasteiger partial charge in [-0.15, -0.1) is 0 Å². The van der Waals surface area contributed by atoms with Crippen molar-refractivity contribution >= 4 is 26.7 Å². The highest BCUT2D eigenvalue weighted by Crippen LogP contribution is 2.26. The van der Waals surface area contributed by atoms with Crippen LogP contribution in [0.4, 0.5) is 0 Å². The van der Waals surface area contributed by atoms with E-state index >= 15 is 0 Å². The smallest absolute Gasteiger partial charge is 0.455 e. The summed E-state index contributed by atoms with van der Waals surface area (Å²) in [5.74, 6) is -1.88. The Morgan fingerprint density at radius 2 is 1.39 bits per heavy atom. The minimum atomic E-state index is -3.65. The molecule has 7 nitrogen and oxygen atoms in total. The van der Waals surface area contributed by atoms with Crippen LogP contribution >= 0.6 is 0 Å². The van der Waals surface area contributed by atoms with E-state index in [9.17, 15) is 14.4 Å². The van der Waals surface area contributed by atoms with Crippen molar-refractivity contribution in [1.29, 1.82) is 0 Å². The van der Waals surface area contributed by atoms with Gasteiger partial charge in [0.2, 0.25) is 0 Å². The number of ether oxygens (including phenoxy) is 1. The van der Waals surface area contributed by atoms with Gasteiger partial charge in [0.05, 0.1) is 19.3 Å². The van der Waals surface area contributed by atoms with E-state index in [4.69, 9.17) is 18.0 Å². The predicted octanol–water partition coefficient (Wildman–Crippen LogP) is 0.261. The molecule has 1 rings (SSSR count). The van der Waals surface area contributed by atoms with E-state index in [1.54, 1.807) is 0 Å². The molecule has 0 amide bonds. The molecule has 0 saturated carbocycles. The van der Waals surface area contributed by atoms with Gasteiger partial charge in [0, 0.05) is 26.7 Å². The fraction of sp³-hybridized carbons (Fsp3) is 0.700. The van der Waals surface area contributed by atoms with Crippen LogP contribution in [-0.4, -0.2) is 39.9 Å². The molecule has 0 spiro atoms. The number of hydrogen-bond acceptors (Lipinski definition) is 7. The SMILES string of the molecule is CC(=O)O[Si](CC1COC1)(OC(C)=O)OC(C)=O. The maximum atomic E-state index is 11.1. The molecular formula is C10H16O7Si. The summed E-state index contributed by atoms with van der Waals surface area (Å²) < 4.78 is 20.1. The van der Waals surface area contributed by atoms with Crippen molar-refractivity contribution in [2.45, 2.75) is 26.8 Å². The summed E-state index contributed by atoms with van der Waals surface area (Å²) in [5.41, 5.74) is 0. The van der Waals surface area contributed by atoms with Crippen LogP contribution in [0.1, 0.15) is 20.8 Å². The first-order chi connectivity index (χ1) is 8.33. The lowest BCUT2D eigenvalue weighted by Gasteiger charge is -2.32. The van der Waals surface area contributed by atoms with E-state index in [2.05, 4.69) is 0 Å². The Balaban J connectivity index is 2.85. The number of rotatable bonds is 5. The minimum absolute atomic E-state index is 0.0646. The molecule has 0 radical (unpaired) electrons. The van der Waals surface area contributed by atoms with Crippen LogP contribution in [0, 0.1) is 5.92 Å². The van der Waals surface area contributed by atoms with Crippen molar-refractivity contribution in [3.8, 4) is 0 Å². The average Bonchev–Trinajstić information content (AvgIpc) is 2.07.